The minimum absolute atomic E-state index is 0.103. The molecule has 1 amide bonds. The Morgan fingerprint density at radius 3 is 2.68 bits per heavy atom. The van der Waals surface area contributed by atoms with Crippen LogP contribution in [0.4, 0.5) is 10.1 Å². The van der Waals surface area contributed by atoms with Crippen LogP contribution in [0, 0.1) is 12.7 Å². The van der Waals surface area contributed by atoms with E-state index in [0.717, 1.165) is 48.1 Å². The molecule has 5 nitrogen and oxygen atoms in total. The van der Waals surface area contributed by atoms with E-state index in [1.54, 1.807) is 25.4 Å². The molecule has 1 saturated heterocycles. The molecule has 0 atom stereocenters. The molecule has 31 heavy (non-hydrogen) atoms. The maximum absolute atomic E-state index is 14.2. The Bertz CT molecular complexity index is 1180. The number of hydrogen-bond acceptors (Lipinski definition) is 4. The highest BCUT2D eigenvalue weighted by Crippen LogP contribution is 2.48. The minimum atomic E-state index is -0.472. The molecule has 160 valence electrons. The third-order valence-corrected chi connectivity index (χ3v) is 6.71. The van der Waals surface area contributed by atoms with Gasteiger partial charge in [0.15, 0.2) is 0 Å². The number of methoxy groups -OCH3 is 1. The molecule has 2 heterocycles. The van der Waals surface area contributed by atoms with Gasteiger partial charge in [-0.25, -0.2) is 4.39 Å². The van der Waals surface area contributed by atoms with E-state index in [2.05, 4.69) is 22.1 Å². The minimum Gasteiger partial charge on any atom is -0.375 e. The first-order valence-electron chi connectivity index (χ1n) is 10.6. The van der Waals surface area contributed by atoms with Crippen LogP contribution in [0.2, 0.25) is 0 Å². The Balaban J connectivity index is 1.42. The standard InChI is InChI=1S/C25H26FN3O2/c1-16-6-7-17(29-14-24(2,15-29)31-3)13-19(16)23(30)28-25(10-11-25)20-8-9-21(26)22-18(20)5-4-12-27-22/h4-9,12-13H,10-11,14-15H2,1-3H3,(H,28,30). The van der Waals surface area contributed by atoms with E-state index in [-0.39, 0.29) is 17.3 Å². The predicted octanol–water partition coefficient (Wildman–Crippen LogP) is 4.33. The average molecular weight is 420 g/mol. The number of pyridine rings is 1. The zero-order chi connectivity index (χ0) is 21.8. The van der Waals surface area contributed by atoms with E-state index >= 15 is 0 Å². The first-order chi connectivity index (χ1) is 14.8. The molecule has 5 rings (SSSR count). The molecule has 1 aliphatic heterocycles. The molecule has 0 spiro atoms. The van der Waals surface area contributed by atoms with Gasteiger partial charge < -0.3 is 15.0 Å². The SMILES string of the molecule is COC1(C)CN(c2ccc(C)c(C(=O)NC3(c4ccc(F)c5ncccc45)CC3)c2)C1. The number of ether oxygens (including phenoxy) is 1. The number of fused-ring (bicyclic) bond motifs is 1. The van der Waals surface area contributed by atoms with Gasteiger partial charge in [0, 0.05) is 43.0 Å². The summed E-state index contributed by atoms with van der Waals surface area (Å²) in [5, 5.41) is 4.00. The van der Waals surface area contributed by atoms with E-state index in [4.69, 9.17) is 4.74 Å². The number of aromatic nitrogens is 1. The van der Waals surface area contributed by atoms with E-state index in [0.29, 0.717) is 11.1 Å². The fraction of sp³-hybridized carbons (Fsp3) is 0.360. The number of nitrogens with zero attached hydrogens (tertiary/aromatic N) is 2. The molecule has 2 aromatic carbocycles. The van der Waals surface area contributed by atoms with E-state index in [1.807, 2.05) is 31.2 Å². The van der Waals surface area contributed by atoms with Crippen LogP contribution in [0.3, 0.4) is 0 Å². The third kappa shape index (κ3) is 3.35. The molecule has 1 aromatic heterocycles. The zero-order valence-electron chi connectivity index (χ0n) is 18.0. The third-order valence-electron chi connectivity index (χ3n) is 6.71. The van der Waals surface area contributed by atoms with Gasteiger partial charge in [0.2, 0.25) is 0 Å². The van der Waals surface area contributed by atoms with Crippen LogP contribution in [0.25, 0.3) is 10.9 Å². The number of aryl methyl sites for hydroxylation is 1. The summed E-state index contributed by atoms with van der Waals surface area (Å²) in [6.45, 7) is 5.63. The molecule has 1 N–H and O–H groups in total. The second-order valence-corrected chi connectivity index (χ2v) is 9.04. The van der Waals surface area contributed by atoms with Crippen LogP contribution in [0.1, 0.15) is 41.3 Å². The lowest BCUT2D eigenvalue weighted by atomic mass is 9.94. The summed E-state index contributed by atoms with van der Waals surface area (Å²) in [6.07, 6.45) is 3.24. The van der Waals surface area contributed by atoms with Crippen molar-refractivity contribution >= 4 is 22.5 Å². The zero-order valence-corrected chi connectivity index (χ0v) is 18.0. The largest absolute Gasteiger partial charge is 0.375 e. The lowest BCUT2D eigenvalue weighted by molar-refractivity contribution is -0.0167. The summed E-state index contributed by atoms with van der Waals surface area (Å²) < 4.78 is 19.8. The van der Waals surface area contributed by atoms with E-state index in [1.165, 1.54) is 6.07 Å². The van der Waals surface area contributed by atoms with Crippen molar-refractivity contribution in [3.8, 4) is 0 Å². The first kappa shape index (κ1) is 19.9. The van der Waals surface area contributed by atoms with Crippen molar-refractivity contribution in [3.63, 3.8) is 0 Å². The lowest BCUT2D eigenvalue weighted by Gasteiger charge is -2.48. The van der Waals surface area contributed by atoms with Crippen molar-refractivity contribution in [2.45, 2.75) is 37.8 Å². The molecule has 0 bridgehead atoms. The molecule has 2 aliphatic rings. The van der Waals surface area contributed by atoms with Crippen LogP contribution in [0.5, 0.6) is 0 Å². The summed E-state index contributed by atoms with van der Waals surface area (Å²) in [6, 6.07) is 12.9. The Labute approximate surface area is 181 Å². The second-order valence-electron chi connectivity index (χ2n) is 9.04. The summed E-state index contributed by atoms with van der Waals surface area (Å²) >= 11 is 0. The van der Waals surface area contributed by atoms with Crippen LogP contribution in [-0.4, -0.2) is 36.7 Å². The molecule has 1 aliphatic carbocycles. The second kappa shape index (κ2) is 7.02. The van der Waals surface area contributed by atoms with Crippen molar-refractivity contribution in [3.05, 3.63) is 71.2 Å². The molecule has 1 saturated carbocycles. The highest BCUT2D eigenvalue weighted by atomic mass is 19.1. The van der Waals surface area contributed by atoms with Gasteiger partial charge in [-0.2, -0.15) is 0 Å². The first-order valence-corrected chi connectivity index (χ1v) is 10.6. The van der Waals surface area contributed by atoms with Crippen LogP contribution >= 0.6 is 0 Å². The van der Waals surface area contributed by atoms with Gasteiger partial charge in [0.1, 0.15) is 11.3 Å². The van der Waals surface area contributed by atoms with Crippen molar-refractivity contribution in [2.24, 2.45) is 0 Å². The van der Waals surface area contributed by atoms with Gasteiger partial charge in [0.05, 0.1) is 11.1 Å². The monoisotopic (exact) mass is 419 g/mol. The van der Waals surface area contributed by atoms with Crippen LogP contribution in [0.15, 0.2) is 48.7 Å². The van der Waals surface area contributed by atoms with E-state index in [9.17, 15) is 9.18 Å². The van der Waals surface area contributed by atoms with Gasteiger partial charge >= 0.3 is 0 Å². The molecule has 6 heteroatoms. The van der Waals surface area contributed by atoms with Gasteiger partial charge in [-0.15, -0.1) is 0 Å². The van der Waals surface area contributed by atoms with Gasteiger partial charge in [-0.1, -0.05) is 18.2 Å². The van der Waals surface area contributed by atoms with Gasteiger partial charge in [-0.05, 0) is 62.1 Å². The fourth-order valence-corrected chi connectivity index (χ4v) is 4.55. The molecule has 3 aromatic rings. The number of anilines is 1. The molecule has 0 unspecified atom stereocenters. The summed E-state index contributed by atoms with van der Waals surface area (Å²) in [5.74, 6) is -0.448. The Kier molecular flexibility index (Phi) is 4.52. The van der Waals surface area contributed by atoms with E-state index < -0.39 is 5.54 Å². The quantitative estimate of drug-likeness (QED) is 0.669. The van der Waals surface area contributed by atoms with Crippen molar-refractivity contribution in [1.82, 2.24) is 10.3 Å². The number of hydrogen-bond donors (Lipinski definition) is 1. The fourth-order valence-electron chi connectivity index (χ4n) is 4.55. The van der Waals surface area contributed by atoms with Crippen molar-refractivity contribution < 1.29 is 13.9 Å². The molecular formula is C25H26FN3O2. The highest BCUT2D eigenvalue weighted by Gasteiger charge is 2.47. The molecule has 2 fully saturated rings. The maximum atomic E-state index is 14.2. The van der Waals surface area contributed by atoms with Gasteiger partial charge in [-0.3, -0.25) is 9.78 Å². The average Bonchev–Trinajstić information content (AvgIpc) is 3.52. The molecule has 0 radical (unpaired) electrons. The summed E-state index contributed by atoms with van der Waals surface area (Å²) in [5.41, 5.74) is 3.28. The van der Waals surface area contributed by atoms with Crippen molar-refractivity contribution in [2.75, 3.05) is 25.1 Å². The lowest BCUT2D eigenvalue weighted by Crippen LogP contribution is -2.61. The number of halogens is 1. The number of amides is 1. The number of carbonyl (C=O) groups is 1. The summed E-state index contributed by atoms with van der Waals surface area (Å²) in [4.78, 5) is 19.7. The van der Waals surface area contributed by atoms with Crippen molar-refractivity contribution in [1.29, 1.82) is 0 Å². The normalized spacial score (nSPS) is 18.5. The topological polar surface area (TPSA) is 54.5 Å². The predicted molar refractivity (Wildman–Crippen MR) is 119 cm³/mol. The number of benzene rings is 2. The van der Waals surface area contributed by atoms with Gasteiger partial charge in [0.25, 0.3) is 5.91 Å². The Hall–Kier alpha value is -2.99. The Morgan fingerprint density at radius 1 is 1.19 bits per heavy atom. The number of nitrogens with one attached hydrogen (secondary N) is 1. The highest BCUT2D eigenvalue weighted by molar-refractivity contribution is 5.98. The van der Waals surface area contributed by atoms with Crippen LogP contribution < -0.4 is 10.2 Å². The Morgan fingerprint density at radius 2 is 1.97 bits per heavy atom. The molecular weight excluding hydrogens is 393 g/mol. The van der Waals surface area contributed by atoms with Crippen LogP contribution in [-0.2, 0) is 10.3 Å². The number of carbonyl (C=O) groups excluding carboxylic acids is 1. The number of rotatable bonds is 5. The maximum Gasteiger partial charge on any atom is 0.252 e. The summed E-state index contributed by atoms with van der Waals surface area (Å²) in [7, 11) is 1.73. The smallest absolute Gasteiger partial charge is 0.252 e.